The molecule has 5 heteroatoms. The second kappa shape index (κ2) is 3.94. The molecule has 0 bridgehead atoms. The molecular weight excluding hydrogens is 258 g/mol. The molecular formula is C10H10BrN3O. The monoisotopic (exact) mass is 267 g/mol. The standard InChI is InChI=1S/C10H10BrN3O/c1-15-9-6(3-2-4-8(9)11)7-5-13-14-10(7)12/h2-5H,1H3,(H3,12,13,14). The maximum absolute atomic E-state index is 5.76. The molecule has 0 aliphatic carbocycles. The zero-order valence-electron chi connectivity index (χ0n) is 8.12. The number of rotatable bonds is 2. The van der Waals surface area contributed by atoms with E-state index >= 15 is 0 Å². The Hall–Kier alpha value is -1.49. The Morgan fingerprint density at radius 2 is 2.20 bits per heavy atom. The van der Waals surface area contributed by atoms with Crippen LogP contribution >= 0.6 is 15.9 Å². The van der Waals surface area contributed by atoms with Gasteiger partial charge in [0.25, 0.3) is 0 Å². The molecule has 0 unspecified atom stereocenters. The van der Waals surface area contributed by atoms with E-state index in [1.54, 1.807) is 13.3 Å². The van der Waals surface area contributed by atoms with E-state index in [0.717, 1.165) is 21.3 Å². The number of hydrogen-bond acceptors (Lipinski definition) is 3. The third kappa shape index (κ3) is 1.70. The van der Waals surface area contributed by atoms with E-state index in [-0.39, 0.29) is 0 Å². The van der Waals surface area contributed by atoms with Crippen LogP contribution in [0, 0.1) is 0 Å². The first kappa shape index (κ1) is 10.0. The van der Waals surface area contributed by atoms with Gasteiger partial charge in [-0.25, -0.2) is 0 Å². The van der Waals surface area contributed by atoms with Gasteiger partial charge in [0, 0.05) is 11.1 Å². The molecule has 0 saturated carbocycles. The van der Waals surface area contributed by atoms with Crippen molar-refractivity contribution in [2.24, 2.45) is 0 Å². The van der Waals surface area contributed by atoms with Crippen molar-refractivity contribution < 1.29 is 4.74 Å². The zero-order chi connectivity index (χ0) is 10.8. The van der Waals surface area contributed by atoms with Gasteiger partial charge in [-0.15, -0.1) is 0 Å². The van der Waals surface area contributed by atoms with Crippen molar-refractivity contribution in [3.63, 3.8) is 0 Å². The van der Waals surface area contributed by atoms with Crippen LogP contribution in [0.25, 0.3) is 11.1 Å². The van der Waals surface area contributed by atoms with Crippen LogP contribution in [0.1, 0.15) is 0 Å². The van der Waals surface area contributed by atoms with Crippen molar-refractivity contribution in [2.75, 3.05) is 12.8 Å². The van der Waals surface area contributed by atoms with Crippen LogP contribution in [-0.2, 0) is 0 Å². The van der Waals surface area contributed by atoms with E-state index in [1.807, 2.05) is 18.2 Å². The number of ether oxygens (including phenoxy) is 1. The minimum absolute atomic E-state index is 0.534. The summed E-state index contributed by atoms with van der Waals surface area (Å²) in [6, 6.07) is 5.78. The molecule has 0 amide bonds. The van der Waals surface area contributed by atoms with Gasteiger partial charge >= 0.3 is 0 Å². The van der Waals surface area contributed by atoms with Crippen LogP contribution in [-0.4, -0.2) is 17.3 Å². The number of anilines is 1. The summed E-state index contributed by atoms with van der Waals surface area (Å²) in [5, 5.41) is 6.58. The van der Waals surface area contributed by atoms with Gasteiger partial charge in [-0.2, -0.15) is 5.10 Å². The van der Waals surface area contributed by atoms with Crippen molar-refractivity contribution in [3.8, 4) is 16.9 Å². The van der Waals surface area contributed by atoms with E-state index in [2.05, 4.69) is 26.1 Å². The lowest BCUT2D eigenvalue weighted by Gasteiger charge is -2.08. The Labute approximate surface area is 95.6 Å². The van der Waals surface area contributed by atoms with Crippen molar-refractivity contribution in [3.05, 3.63) is 28.9 Å². The van der Waals surface area contributed by atoms with Gasteiger partial charge in [-0.1, -0.05) is 12.1 Å². The summed E-state index contributed by atoms with van der Waals surface area (Å²) < 4.78 is 6.20. The molecule has 4 nitrogen and oxygen atoms in total. The fourth-order valence-corrected chi connectivity index (χ4v) is 1.97. The average Bonchev–Trinajstić information content (AvgIpc) is 2.64. The number of nitrogens with one attached hydrogen (secondary N) is 1. The minimum Gasteiger partial charge on any atom is -0.495 e. The SMILES string of the molecule is COc1c(Br)cccc1-c1cn[nH]c1N. The molecule has 1 aromatic carbocycles. The smallest absolute Gasteiger partial charge is 0.141 e. The third-order valence-electron chi connectivity index (χ3n) is 2.13. The minimum atomic E-state index is 0.534. The number of hydrogen-bond donors (Lipinski definition) is 2. The van der Waals surface area contributed by atoms with Crippen molar-refractivity contribution in [1.82, 2.24) is 10.2 Å². The Balaban J connectivity index is 2.63. The summed E-state index contributed by atoms with van der Waals surface area (Å²) in [7, 11) is 1.62. The number of benzene rings is 1. The maximum atomic E-state index is 5.76. The second-order valence-corrected chi connectivity index (χ2v) is 3.87. The first-order chi connectivity index (χ1) is 7.24. The topological polar surface area (TPSA) is 63.9 Å². The van der Waals surface area contributed by atoms with Gasteiger partial charge < -0.3 is 10.5 Å². The highest BCUT2D eigenvalue weighted by Gasteiger charge is 2.12. The summed E-state index contributed by atoms with van der Waals surface area (Å²) in [5.41, 5.74) is 7.51. The molecule has 78 valence electrons. The Bertz CT molecular complexity index is 481. The van der Waals surface area contributed by atoms with Crippen molar-refractivity contribution in [2.45, 2.75) is 0 Å². The van der Waals surface area contributed by atoms with Crippen LogP contribution in [0.15, 0.2) is 28.9 Å². The van der Waals surface area contributed by atoms with E-state index < -0.39 is 0 Å². The number of aromatic nitrogens is 2. The Morgan fingerprint density at radius 1 is 1.40 bits per heavy atom. The third-order valence-corrected chi connectivity index (χ3v) is 2.75. The highest BCUT2D eigenvalue weighted by atomic mass is 79.9. The van der Waals surface area contributed by atoms with Crippen LogP contribution < -0.4 is 10.5 Å². The van der Waals surface area contributed by atoms with E-state index in [9.17, 15) is 0 Å². The summed E-state index contributed by atoms with van der Waals surface area (Å²) in [6.07, 6.45) is 1.68. The number of halogens is 1. The van der Waals surface area contributed by atoms with E-state index in [4.69, 9.17) is 10.5 Å². The second-order valence-electron chi connectivity index (χ2n) is 3.02. The van der Waals surface area contributed by atoms with Gasteiger partial charge in [0.05, 0.1) is 17.8 Å². The molecule has 0 aliphatic rings. The van der Waals surface area contributed by atoms with Gasteiger partial charge in [0.1, 0.15) is 11.6 Å². The lowest BCUT2D eigenvalue weighted by Crippen LogP contribution is -1.92. The van der Waals surface area contributed by atoms with Crippen molar-refractivity contribution >= 4 is 21.7 Å². The lowest BCUT2D eigenvalue weighted by atomic mass is 10.1. The molecule has 3 N–H and O–H groups in total. The van der Waals surface area contributed by atoms with Gasteiger partial charge in [-0.3, -0.25) is 5.10 Å². The molecule has 0 spiro atoms. The van der Waals surface area contributed by atoms with E-state index in [1.165, 1.54) is 0 Å². The van der Waals surface area contributed by atoms with Gasteiger partial charge in [-0.05, 0) is 22.0 Å². The fourth-order valence-electron chi connectivity index (χ4n) is 1.44. The predicted molar refractivity (Wildman–Crippen MR) is 62.7 cm³/mol. The first-order valence-electron chi connectivity index (χ1n) is 4.35. The molecule has 1 aromatic heterocycles. The molecule has 1 heterocycles. The first-order valence-corrected chi connectivity index (χ1v) is 5.15. The highest BCUT2D eigenvalue weighted by Crippen LogP contribution is 2.37. The number of H-pyrrole nitrogens is 1. The molecule has 0 atom stereocenters. The molecule has 2 aromatic rings. The number of nitrogens with zero attached hydrogens (tertiary/aromatic N) is 1. The van der Waals surface area contributed by atoms with Crippen molar-refractivity contribution in [1.29, 1.82) is 0 Å². The predicted octanol–water partition coefficient (Wildman–Crippen LogP) is 2.43. The molecule has 0 fully saturated rings. The maximum Gasteiger partial charge on any atom is 0.141 e. The number of aromatic amines is 1. The fraction of sp³-hybridized carbons (Fsp3) is 0.100. The van der Waals surface area contributed by atoms with Crippen LogP contribution in [0.2, 0.25) is 0 Å². The zero-order valence-corrected chi connectivity index (χ0v) is 9.71. The number of methoxy groups -OCH3 is 1. The Morgan fingerprint density at radius 3 is 2.80 bits per heavy atom. The lowest BCUT2D eigenvalue weighted by molar-refractivity contribution is 0.414. The quantitative estimate of drug-likeness (QED) is 0.879. The number of nitrogens with two attached hydrogens (primary N) is 1. The molecule has 0 radical (unpaired) electrons. The van der Waals surface area contributed by atoms with E-state index in [0.29, 0.717) is 5.82 Å². The van der Waals surface area contributed by atoms with Crippen LogP contribution in [0.3, 0.4) is 0 Å². The molecule has 0 saturated heterocycles. The molecule has 0 aliphatic heterocycles. The van der Waals surface area contributed by atoms with Crippen LogP contribution in [0.4, 0.5) is 5.82 Å². The highest BCUT2D eigenvalue weighted by molar-refractivity contribution is 9.10. The summed E-state index contributed by atoms with van der Waals surface area (Å²) in [4.78, 5) is 0. The summed E-state index contributed by atoms with van der Waals surface area (Å²) in [5.74, 6) is 1.29. The molecule has 2 rings (SSSR count). The Kier molecular flexibility index (Phi) is 2.64. The van der Waals surface area contributed by atoms with Crippen LogP contribution in [0.5, 0.6) is 5.75 Å². The van der Waals surface area contributed by atoms with Gasteiger partial charge in [0.15, 0.2) is 0 Å². The number of nitrogen functional groups attached to an aromatic ring is 1. The summed E-state index contributed by atoms with van der Waals surface area (Å²) >= 11 is 3.42. The molecule has 15 heavy (non-hydrogen) atoms. The van der Waals surface area contributed by atoms with Gasteiger partial charge in [0.2, 0.25) is 0 Å². The summed E-state index contributed by atoms with van der Waals surface area (Å²) in [6.45, 7) is 0. The average molecular weight is 268 g/mol. The largest absolute Gasteiger partial charge is 0.495 e. The number of para-hydroxylation sites is 1. The normalized spacial score (nSPS) is 10.3.